The average molecular weight is 241 g/mol. The average Bonchev–Trinajstić information content (AvgIpc) is 2.32. The van der Waals surface area contributed by atoms with Gasteiger partial charge < -0.3 is 15.1 Å². The van der Waals surface area contributed by atoms with Crippen LogP contribution >= 0.6 is 0 Å². The second kappa shape index (κ2) is 6.59. The minimum atomic E-state index is 0.0637. The summed E-state index contributed by atoms with van der Waals surface area (Å²) in [5, 5.41) is 3.16. The summed E-state index contributed by atoms with van der Waals surface area (Å²) >= 11 is 0. The summed E-state index contributed by atoms with van der Waals surface area (Å²) in [5.41, 5.74) is 0. The standard InChI is InChI=1S/C12H23N3O2/c1-4-14-8-12(17)15(9-11(14)16)7-5-6-10(2)13-3/h10,13H,4-9H2,1-3H3. The number of carbonyl (C=O) groups excluding carboxylic acids is 2. The molecule has 1 N–H and O–H groups in total. The quantitative estimate of drug-likeness (QED) is 0.716. The van der Waals surface area contributed by atoms with Crippen molar-refractivity contribution in [3.8, 4) is 0 Å². The first-order valence-electron chi connectivity index (χ1n) is 6.31. The van der Waals surface area contributed by atoms with Crippen LogP contribution in [0.2, 0.25) is 0 Å². The van der Waals surface area contributed by atoms with Crippen molar-refractivity contribution in [1.29, 1.82) is 0 Å². The molecule has 0 radical (unpaired) electrons. The molecule has 1 saturated heterocycles. The van der Waals surface area contributed by atoms with E-state index in [1.807, 2.05) is 14.0 Å². The third kappa shape index (κ3) is 4.00. The van der Waals surface area contributed by atoms with E-state index < -0.39 is 0 Å². The molecule has 2 amide bonds. The highest BCUT2D eigenvalue weighted by Gasteiger charge is 2.28. The molecule has 1 unspecified atom stereocenters. The number of carbonyl (C=O) groups is 2. The molecule has 98 valence electrons. The Labute approximate surface area is 103 Å². The molecule has 1 aliphatic rings. The van der Waals surface area contributed by atoms with Gasteiger partial charge >= 0.3 is 0 Å². The van der Waals surface area contributed by atoms with Crippen LogP contribution in [0.25, 0.3) is 0 Å². The van der Waals surface area contributed by atoms with E-state index in [0.717, 1.165) is 12.8 Å². The number of nitrogens with zero attached hydrogens (tertiary/aromatic N) is 2. The fourth-order valence-electron chi connectivity index (χ4n) is 1.93. The van der Waals surface area contributed by atoms with E-state index in [-0.39, 0.29) is 24.9 Å². The van der Waals surface area contributed by atoms with Crippen LogP contribution in [0.15, 0.2) is 0 Å². The van der Waals surface area contributed by atoms with Gasteiger partial charge in [-0.15, -0.1) is 0 Å². The SMILES string of the molecule is CCN1CC(=O)N(CCCC(C)NC)CC1=O. The highest BCUT2D eigenvalue weighted by atomic mass is 16.2. The smallest absolute Gasteiger partial charge is 0.242 e. The van der Waals surface area contributed by atoms with Crippen molar-refractivity contribution in [2.45, 2.75) is 32.7 Å². The fourth-order valence-corrected chi connectivity index (χ4v) is 1.93. The van der Waals surface area contributed by atoms with Crippen molar-refractivity contribution < 1.29 is 9.59 Å². The van der Waals surface area contributed by atoms with Crippen molar-refractivity contribution in [2.24, 2.45) is 0 Å². The molecule has 0 saturated carbocycles. The lowest BCUT2D eigenvalue weighted by Gasteiger charge is -2.33. The van der Waals surface area contributed by atoms with Crippen LogP contribution in [-0.2, 0) is 9.59 Å². The second-order valence-corrected chi connectivity index (χ2v) is 4.56. The van der Waals surface area contributed by atoms with Crippen LogP contribution in [0.1, 0.15) is 26.7 Å². The molecule has 1 rings (SSSR count). The maximum atomic E-state index is 11.8. The largest absolute Gasteiger partial charge is 0.332 e. The normalized spacial score (nSPS) is 18.8. The Morgan fingerprint density at radius 3 is 2.41 bits per heavy atom. The van der Waals surface area contributed by atoms with Gasteiger partial charge in [0.15, 0.2) is 0 Å². The van der Waals surface area contributed by atoms with E-state index in [4.69, 9.17) is 0 Å². The minimum absolute atomic E-state index is 0.0637. The van der Waals surface area contributed by atoms with E-state index in [0.29, 0.717) is 19.1 Å². The van der Waals surface area contributed by atoms with Crippen LogP contribution in [0.3, 0.4) is 0 Å². The van der Waals surface area contributed by atoms with Crippen molar-refractivity contribution in [1.82, 2.24) is 15.1 Å². The molecule has 1 aliphatic heterocycles. The Hall–Kier alpha value is -1.10. The summed E-state index contributed by atoms with van der Waals surface area (Å²) in [6.07, 6.45) is 1.96. The summed E-state index contributed by atoms with van der Waals surface area (Å²) in [7, 11) is 1.93. The number of rotatable bonds is 6. The molecular formula is C12H23N3O2. The van der Waals surface area contributed by atoms with Crippen molar-refractivity contribution in [3.63, 3.8) is 0 Å². The van der Waals surface area contributed by atoms with Crippen LogP contribution in [0.4, 0.5) is 0 Å². The molecule has 0 aliphatic carbocycles. The van der Waals surface area contributed by atoms with Crippen LogP contribution in [0, 0.1) is 0 Å². The molecule has 0 bridgehead atoms. The maximum Gasteiger partial charge on any atom is 0.242 e. The Balaban J connectivity index is 2.35. The zero-order valence-electron chi connectivity index (χ0n) is 11.0. The molecule has 0 aromatic heterocycles. The Kier molecular flexibility index (Phi) is 5.41. The first-order valence-corrected chi connectivity index (χ1v) is 6.31. The molecule has 17 heavy (non-hydrogen) atoms. The van der Waals surface area contributed by atoms with Gasteiger partial charge in [0.1, 0.15) is 0 Å². The lowest BCUT2D eigenvalue weighted by atomic mass is 10.1. The van der Waals surface area contributed by atoms with Gasteiger partial charge in [0.05, 0.1) is 13.1 Å². The van der Waals surface area contributed by atoms with E-state index in [1.165, 1.54) is 0 Å². The highest BCUT2D eigenvalue weighted by molar-refractivity contribution is 5.92. The first kappa shape index (κ1) is 14.0. The number of amides is 2. The predicted molar refractivity (Wildman–Crippen MR) is 66.6 cm³/mol. The lowest BCUT2D eigenvalue weighted by molar-refractivity contribution is -0.149. The van der Waals surface area contributed by atoms with Crippen molar-refractivity contribution in [2.75, 3.05) is 33.2 Å². The maximum absolute atomic E-state index is 11.8. The van der Waals surface area contributed by atoms with E-state index >= 15 is 0 Å². The third-order valence-electron chi connectivity index (χ3n) is 3.30. The van der Waals surface area contributed by atoms with Gasteiger partial charge in [0, 0.05) is 19.1 Å². The number of nitrogens with one attached hydrogen (secondary N) is 1. The highest BCUT2D eigenvalue weighted by Crippen LogP contribution is 2.07. The topological polar surface area (TPSA) is 52.7 Å². The number of hydrogen-bond donors (Lipinski definition) is 1. The van der Waals surface area contributed by atoms with Gasteiger partial charge in [-0.05, 0) is 33.7 Å². The number of piperazine rings is 1. The number of likely N-dealkylation sites (N-methyl/N-ethyl adjacent to an activating group) is 1. The van der Waals surface area contributed by atoms with Crippen LogP contribution < -0.4 is 5.32 Å². The number of hydrogen-bond acceptors (Lipinski definition) is 3. The van der Waals surface area contributed by atoms with Gasteiger partial charge in [-0.3, -0.25) is 9.59 Å². The minimum Gasteiger partial charge on any atom is -0.332 e. The zero-order chi connectivity index (χ0) is 12.8. The van der Waals surface area contributed by atoms with Crippen molar-refractivity contribution >= 4 is 11.8 Å². The Bertz CT molecular complexity index is 281. The van der Waals surface area contributed by atoms with Gasteiger partial charge in [-0.1, -0.05) is 0 Å². The molecule has 1 atom stereocenters. The third-order valence-corrected chi connectivity index (χ3v) is 3.30. The Morgan fingerprint density at radius 2 is 1.82 bits per heavy atom. The van der Waals surface area contributed by atoms with Gasteiger partial charge in [0.2, 0.25) is 11.8 Å². The fraction of sp³-hybridized carbons (Fsp3) is 0.833. The summed E-state index contributed by atoms with van der Waals surface area (Å²) in [4.78, 5) is 26.7. The molecular weight excluding hydrogens is 218 g/mol. The molecule has 0 aromatic carbocycles. The molecule has 0 aromatic rings. The molecule has 5 heteroatoms. The van der Waals surface area contributed by atoms with Crippen LogP contribution in [0.5, 0.6) is 0 Å². The summed E-state index contributed by atoms with van der Waals surface area (Å²) in [5.74, 6) is 0.136. The summed E-state index contributed by atoms with van der Waals surface area (Å²) in [6, 6.07) is 0.456. The summed E-state index contributed by atoms with van der Waals surface area (Å²) in [6.45, 7) is 5.82. The molecule has 1 fully saturated rings. The predicted octanol–water partition coefficient (Wildman–Crippen LogP) is 0.0652. The second-order valence-electron chi connectivity index (χ2n) is 4.56. The van der Waals surface area contributed by atoms with Gasteiger partial charge in [-0.25, -0.2) is 0 Å². The first-order chi connectivity index (χ1) is 8.08. The van der Waals surface area contributed by atoms with Gasteiger partial charge in [0.25, 0.3) is 0 Å². The zero-order valence-corrected chi connectivity index (χ0v) is 11.0. The van der Waals surface area contributed by atoms with Gasteiger partial charge in [-0.2, -0.15) is 0 Å². The lowest BCUT2D eigenvalue weighted by Crippen LogP contribution is -2.53. The van der Waals surface area contributed by atoms with E-state index in [2.05, 4.69) is 12.2 Å². The Morgan fingerprint density at radius 1 is 1.24 bits per heavy atom. The molecule has 0 spiro atoms. The molecule has 5 nitrogen and oxygen atoms in total. The van der Waals surface area contributed by atoms with E-state index in [1.54, 1.807) is 9.80 Å². The van der Waals surface area contributed by atoms with Crippen LogP contribution in [-0.4, -0.2) is 60.9 Å². The monoisotopic (exact) mass is 241 g/mol. The summed E-state index contributed by atoms with van der Waals surface area (Å²) < 4.78 is 0. The van der Waals surface area contributed by atoms with Crippen molar-refractivity contribution in [3.05, 3.63) is 0 Å². The van der Waals surface area contributed by atoms with E-state index in [9.17, 15) is 9.59 Å². The molecule has 1 heterocycles.